The fourth-order valence-corrected chi connectivity index (χ4v) is 2.73. The summed E-state index contributed by atoms with van der Waals surface area (Å²) in [7, 11) is 1.94. The van der Waals surface area contributed by atoms with E-state index in [1.165, 1.54) is 0 Å². The summed E-state index contributed by atoms with van der Waals surface area (Å²) in [6.07, 6.45) is 1.80. The van der Waals surface area contributed by atoms with Crippen LogP contribution in [0.1, 0.15) is 18.7 Å². The fourth-order valence-electron chi connectivity index (χ4n) is 2.29. The zero-order chi connectivity index (χ0) is 14.1. The molecule has 1 aromatic carbocycles. The second-order valence-electron chi connectivity index (χ2n) is 4.72. The van der Waals surface area contributed by atoms with Crippen molar-refractivity contribution in [3.63, 3.8) is 0 Å². The molecule has 1 unspecified atom stereocenters. The molecular weight excluding hydrogens is 322 g/mol. The number of ether oxygens (including phenoxy) is 2. The van der Waals surface area contributed by atoms with Gasteiger partial charge in [-0.25, -0.2) is 0 Å². The summed E-state index contributed by atoms with van der Waals surface area (Å²) in [6, 6.07) is 6.04. The molecule has 1 aliphatic heterocycles. The minimum absolute atomic E-state index is 0.140. The summed E-state index contributed by atoms with van der Waals surface area (Å²) in [5.41, 5.74) is 2.09. The van der Waals surface area contributed by atoms with E-state index >= 15 is 0 Å². The highest BCUT2D eigenvalue weighted by Crippen LogP contribution is 2.39. The number of hydrogen-bond acceptors (Lipinski definition) is 4. The van der Waals surface area contributed by atoms with E-state index in [4.69, 9.17) is 9.47 Å². The Morgan fingerprint density at radius 1 is 1.30 bits per heavy atom. The monoisotopic (exact) mass is 337 g/mol. The summed E-state index contributed by atoms with van der Waals surface area (Å²) in [4.78, 5) is 0. The lowest BCUT2D eigenvalue weighted by molar-refractivity contribution is 0.171. The van der Waals surface area contributed by atoms with Gasteiger partial charge < -0.3 is 14.8 Å². The van der Waals surface area contributed by atoms with Crippen LogP contribution < -0.4 is 14.8 Å². The van der Waals surface area contributed by atoms with E-state index in [-0.39, 0.29) is 6.04 Å². The largest absolute Gasteiger partial charge is 0.486 e. The van der Waals surface area contributed by atoms with Gasteiger partial charge in [0.05, 0.1) is 17.4 Å². The molecule has 0 saturated carbocycles. The summed E-state index contributed by atoms with van der Waals surface area (Å²) < 4.78 is 14.0. The minimum atomic E-state index is 0.140. The van der Waals surface area contributed by atoms with E-state index in [1.54, 1.807) is 6.20 Å². The third-order valence-corrected chi connectivity index (χ3v) is 3.96. The molecule has 20 heavy (non-hydrogen) atoms. The first kappa shape index (κ1) is 13.3. The van der Waals surface area contributed by atoms with Gasteiger partial charge in [-0.3, -0.25) is 4.68 Å². The summed E-state index contributed by atoms with van der Waals surface area (Å²) in [6.45, 7) is 3.28. The van der Waals surface area contributed by atoms with E-state index in [0.717, 1.165) is 27.4 Å². The average molecular weight is 338 g/mol. The first-order valence-electron chi connectivity index (χ1n) is 6.49. The van der Waals surface area contributed by atoms with Gasteiger partial charge in [-0.15, -0.1) is 0 Å². The maximum atomic E-state index is 5.61. The van der Waals surface area contributed by atoms with Crippen LogP contribution in [0, 0.1) is 0 Å². The highest BCUT2D eigenvalue weighted by Gasteiger charge is 2.17. The predicted molar refractivity (Wildman–Crippen MR) is 80.4 cm³/mol. The van der Waals surface area contributed by atoms with E-state index in [1.807, 2.05) is 29.9 Å². The molecular formula is C14H16BrN3O2. The summed E-state index contributed by atoms with van der Waals surface area (Å²) >= 11 is 3.57. The van der Waals surface area contributed by atoms with Crippen LogP contribution in [0.4, 0.5) is 5.69 Å². The molecule has 0 radical (unpaired) electrons. The van der Waals surface area contributed by atoms with Crippen LogP contribution in [-0.2, 0) is 7.05 Å². The molecule has 0 saturated heterocycles. The van der Waals surface area contributed by atoms with Gasteiger partial charge in [-0.2, -0.15) is 5.10 Å². The Bertz CT molecular complexity index is 627. The molecule has 106 valence electrons. The number of anilines is 1. The van der Waals surface area contributed by atoms with Crippen molar-refractivity contribution < 1.29 is 9.47 Å². The molecule has 0 spiro atoms. The van der Waals surface area contributed by atoms with Gasteiger partial charge in [0.1, 0.15) is 13.2 Å². The first-order valence-corrected chi connectivity index (χ1v) is 7.28. The molecule has 0 amide bonds. The molecule has 0 fully saturated rings. The van der Waals surface area contributed by atoms with Gasteiger partial charge in [0.2, 0.25) is 0 Å². The number of nitrogens with one attached hydrogen (secondary N) is 1. The van der Waals surface area contributed by atoms with Crippen LogP contribution in [0.25, 0.3) is 0 Å². The first-order chi connectivity index (χ1) is 9.65. The highest BCUT2D eigenvalue weighted by molar-refractivity contribution is 9.10. The van der Waals surface area contributed by atoms with E-state index in [2.05, 4.69) is 33.3 Å². The number of aromatic nitrogens is 2. The molecule has 1 aliphatic rings. The molecule has 6 heteroatoms. The highest BCUT2D eigenvalue weighted by atomic mass is 79.9. The fraction of sp³-hybridized carbons (Fsp3) is 0.357. The average Bonchev–Trinajstić information content (AvgIpc) is 2.86. The van der Waals surface area contributed by atoms with Gasteiger partial charge >= 0.3 is 0 Å². The van der Waals surface area contributed by atoms with Gasteiger partial charge in [-0.1, -0.05) is 0 Å². The molecule has 2 heterocycles. The maximum absolute atomic E-state index is 5.61. The number of benzene rings is 1. The van der Waals surface area contributed by atoms with Crippen molar-refractivity contribution in [1.29, 1.82) is 0 Å². The SMILES string of the molecule is CC(Nc1cc2c(cc1Br)OCCO2)c1ccnn1C. The van der Waals surface area contributed by atoms with Crippen LogP contribution in [-0.4, -0.2) is 23.0 Å². The molecule has 0 bridgehead atoms. The van der Waals surface area contributed by atoms with Crippen LogP contribution in [0.5, 0.6) is 11.5 Å². The quantitative estimate of drug-likeness (QED) is 0.934. The Hall–Kier alpha value is -1.69. The minimum Gasteiger partial charge on any atom is -0.486 e. The molecule has 1 aromatic heterocycles. The number of aryl methyl sites for hydroxylation is 1. The van der Waals surface area contributed by atoms with Crippen molar-refractivity contribution in [3.8, 4) is 11.5 Å². The Morgan fingerprint density at radius 2 is 2.00 bits per heavy atom. The predicted octanol–water partition coefficient (Wildman–Crippen LogP) is 3.13. The van der Waals surface area contributed by atoms with Gasteiger partial charge in [0.25, 0.3) is 0 Å². The van der Waals surface area contributed by atoms with Crippen LogP contribution in [0.15, 0.2) is 28.9 Å². The molecule has 3 rings (SSSR count). The van der Waals surface area contributed by atoms with Crippen molar-refractivity contribution in [1.82, 2.24) is 9.78 Å². The van der Waals surface area contributed by atoms with Crippen molar-refractivity contribution in [2.24, 2.45) is 7.05 Å². The lowest BCUT2D eigenvalue weighted by Crippen LogP contribution is -2.16. The standard InChI is InChI=1S/C14H16BrN3O2/c1-9(12-3-4-16-18(12)2)17-11-8-14-13(7-10(11)15)19-5-6-20-14/h3-4,7-9,17H,5-6H2,1-2H3. The number of hydrogen-bond donors (Lipinski definition) is 1. The Morgan fingerprint density at radius 3 is 2.65 bits per heavy atom. The molecule has 0 aliphatic carbocycles. The zero-order valence-corrected chi connectivity index (χ0v) is 13.0. The van der Waals surface area contributed by atoms with Gasteiger partial charge in [0.15, 0.2) is 11.5 Å². The van der Waals surface area contributed by atoms with Crippen LogP contribution >= 0.6 is 15.9 Å². The number of rotatable bonds is 3. The second-order valence-corrected chi connectivity index (χ2v) is 5.58. The maximum Gasteiger partial charge on any atom is 0.163 e. The number of nitrogens with zero attached hydrogens (tertiary/aromatic N) is 2. The lowest BCUT2D eigenvalue weighted by Gasteiger charge is -2.22. The van der Waals surface area contributed by atoms with Gasteiger partial charge in [0, 0.05) is 29.8 Å². The van der Waals surface area contributed by atoms with Crippen LogP contribution in [0.2, 0.25) is 0 Å². The smallest absolute Gasteiger partial charge is 0.163 e. The summed E-state index contributed by atoms with van der Waals surface area (Å²) in [5.74, 6) is 1.56. The zero-order valence-electron chi connectivity index (χ0n) is 11.4. The lowest BCUT2D eigenvalue weighted by atomic mass is 10.2. The van der Waals surface area contributed by atoms with Crippen molar-refractivity contribution >= 4 is 21.6 Å². The van der Waals surface area contributed by atoms with Crippen molar-refractivity contribution in [2.45, 2.75) is 13.0 Å². The normalized spacial score (nSPS) is 14.9. The number of fused-ring (bicyclic) bond motifs is 1. The number of halogens is 1. The van der Waals surface area contributed by atoms with Crippen molar-refractivity contribution in [3.05, 3.63) is 34.6 Å². The third kappa shape index (κ3) is 2.47. The van der Waals surface area contributed by atoms with E-state index in [9.17, 15) is 0 Å². The third-order valence-electron chi connectivity index (χ3n) is 3.31. The Balaban J connectivity index is 1.85. The molecule has 1 atom stereocenters. The second kappa shape index (κ2) is 5.36. The molecule has 2 aromatic rings. The topological polar surface area (TPSA) is 48.3 Å². The van der Waals surface area contributed by atoms with Crippen molar-refractivity contribution in [2.75, 3.05) is 18.5 Å². The van der Waals surface area contributed by atoms with Crippen LogP contribution in [0.3, 0.4) is 0 Å². The summed E-state index contributed by atoms with van der Waals surface area (Å²) in [5, 5.41) is 7.65. The molecule has 5 nitrogen and oxygen atoms in total. The Labute approximate surface area is 126 Å². The molecule has 1 N–H and O–H groups in total. The van der Waals surface area contributed by atoms with Gasteiger partial charge in [-0.05, 0) is 28.9 Å². The van der Waals surface area contributed by atoms with E-state index < -0.39 is 0 Å². The Kier molecular flexibility index (Phi) is 3.56. The van der Waals surface area contributed by atoms with E-state index in [0.29, 0.717) is 13.2 Å².